The molecule has 0 bridgehead atoms. The SMILES string of the molecule is CC(C)(C)OC(=O)N(NC(=O)C=Cc1cccc(C(N)=O)c1)c1ccc(-c2cccs2)cc1. The highest BCUT2D eigenvalue weighted by atomic mass is 32.1. The molecule has 0 spiro atoms. The summed E-state index contributed by atoms with van der Waals surface area (Å²) in [5.74, 6) is -1.11. The van der Waals surface area contributed by atoms with Crippen LogP contribution in [0, 0.1) is 0 Å². The summed E-state index contributed by atoms with van der Waals surface area (Å²) in [7, 11) is 0. The lowest BCUT2D eigenvalue weighted by atomic mass is 10.1. The number of primary amides is 1. The largest absolute Gasteiger partial charge is 0.442 e. The van der Waals surface area contributed by atoms with E-state index in [1.54, 1.807) is 68.5 Å². The van der Waals surface area contributed by atoms with Gasteiger partial charge in [-0.2, -0.15) is 5.01 Å². The summed E-state index contributed by atoms with van der Waals surface area (Å²) < 4.78 is 5.46. The minimum Gasteiger partial charge on any atom is -0.442 e. The normalized spacial score (nSPS) is 11.2. The second kappa shape index (κ2) is 10.1. The maximum absolute atomic E-state index is 12.8. The second-order valence-corrected chi connectivity index (χ2v) is 9.09. The number of thiophene rings is 1. The molecule has 0 aliphatic carbocycles. The Kier molecular flexibility index (Phi) is 7.30. The molecule has 0 aliphatic rings. The zero-order chi connectivity index (χ0) is 24.0. The number of hydrazine groups is 1. The van der Waals surface area contributed by atoms with Gasteiger partial charge in [0.25, 0.3) is 5.91 Å². The lowest BCUT2D eigenvalue weighted by molar-refractivity contribution is -0.116. The van der Waals surface area contributed by atoms with Crippen LogP contribution in [0.3, 0.4) is 0 Å². The van der Waals surface area contributed by atoms with Crippen molar-refractivity contribution in [3.8, 4) is 10.4 Å². The third-order valence-electron chi connectivity index (χ3n) is 4.33. The van der Waals surface area contributed by atoms with E-state index >= 15 is 0 Å². The third-order valence-corrected chi connectivity index (χ3v) is 5.25. The number of nitrogens with two attached hydrogens (primary N) is 1. The van der Waals surface area contributed by atoms with Crippen LogP contribution in [0.2, 0.25) is 0 Å². The Balaban J connectivity index is 1.80. The fraction of sp³-hybridized carbons (Fsp3) is 0.160. The van der Waals surface area contributed by atoms with Crippen molar-refractivity contribution in [3.63, 3.8) is 0 Å². The van der Waals surface area contributed by atoms with E-state index in [4.69, 9.17) is 10.5 Å². The van der Waals surface area contributed by atoms with Crippen molar-refractivity contribution in [2.45, 2.75) is 26.4 Å². The van der Waals surface area contributed by atoms with E-state index in [0.717, 1.165) is 15.4 Å². The minimum atomic E-state index is -0.748. The first-order valence-corrected chi connectivity index (χ1v) is 11.1. The highest BCUT2D eigenvalue weighted by molar-refractivity contribution is 7.13. The average molecular weight is 464 g/mol. The molecule has 170 valence electrons. The van der Waals surface area contributed by atoms with E-state index in [9.17, 15) is 14.4 Å². The number of anilines is 1. The molecule has 3 amide bonds. The van der Waals surface area contributed by atoms with Gasteiger partial charge in [-0.3, -0.25) is 15.0 Å². The first kappa shape index (κ1) is 23.7. The van der Waals surface area contributed by atoms with Crippen molar-refractivity contribution in [1.29, 1.82) is 0 Å². The summed E-state index contributed by atoms with van der Waals surface area (Å²) >= 11 is 1.61. The molecule has 2 aromatic carbocycles. The predicted molar refractivity (Wildman–Crippen MR) is 131 cm³/mol. The third kappa shape index (κ3) is 6.78. The number of amides is 3. The fourth-order valence-corrected chi connectivity index (χ4v) is 3.59. The molecule has 3 rings (SSSR count). The van der Waals surface area contributed by atoms with Crippen molar-refractivity contribution in [3.05, 3.63) is 83.2 Å². The molecule has 0 unspecified atom stereocenters. The van der Waals surface area contributed by atoms with E-state index in [1.165, 1.54) is 12.2 Å². The highest BCUT2D eigenvalue weighted by Crippen LogP contribution is 2.27. The van der Waals surface area contributed by atoms with Crippen LogP contribution in [0.4, 0.5) is 10.5 Å². The number of nitrogens with one attached hydrogen (secondary N) is 1. The molecular weight excluding hydrogens is 438 g/mol. The van der Waals surface area contributed by atoms with Gasteiger partial charge in [0.05, 0.1) is 5.69 Å². The summed E-state index contributed by atoms with van der Waals surface area (Å²) in [5.41, 5.74) is 9.50. The number of carbonyl (C=O) groups excluding carboxylic acids is 3. The molecule has 0 aliphatic heterocycles. The van der Waals surface area contributed by atoms with E-state index in [0.29, 0.717) is 16.8 Å². The van der Waals surface area contributed by atoms with Gasteiger partial charge in [-0.25, -0.2) is 4.79 Å². The number of hydrogen-bond donors (Lipinski definition) is 2. The molecular formula is C25H25N3O4S. The van der Waals surface area contributed by atoms with Crippen molar-refractivity contribution in [2.24, 2.45) is 5.73 Å². The number of ether oxygens (including phenoxy) is 1. The lowest BCUT2D eigenvalue weighted by Gasteiger charge is -2.27. The monoisotopic (exact) mass is 463 g/mol. The van der Waals surface area contributed by atoms with Crippen molar-refractivity contribution in [1.82, 2.24) is 5.43 Å². The number of benzene rings is 2. The summed E-state index contributed by atoms with van der Waals surface area (Å²) in [6, 6.07) is 17.7. The van der Waals surface area contributed by atoms with Crippen LogP contribution < -0.4 is 16.2 Å². The molecule has 1 heterocycles. The van der Waals surface area contributed by atoms with Crippen LogP contribution in [0.1, 0.15) is 36.7 Å². The predicted octanol–water partition coefficient (Wildman–Crippen LogP) is 5.00. The zero-order valence-electron chi connectivity index (χ0n) is 18.6. The van der Waals surface area contributed by atoms with Gasteiger partial charge >= 0.3 is 6.09 Å². The van der Waals surface area contributed by atoms with Crippen molar-refractivity contribution in [2.75, 3.05) is 5.01 Å². The molecule has 0 radical (unpaired) electrons. The summed E-state index contributed by atoms with van der Waals surface area (Å²) in [6.45, 7) is 5.24. The van der Waals surface area contributed by atoms with Crippen LogP contribution in [-0.2, 0) is 9.53 Å². The molecule has 0 fully saturated rings. The van der Waals surface area contributed by atoms with Crippen molar-refractivity contribution < 1.29 is 19.1 Å². The number of hydrogen-bond acceptors (Lipinski definition) is 5. The first-order chi connectivity index (χ1) is 15.6. The van der Waals surface area contributed by atoms with Crippen LogP contribution in [-0.4, -0.2) is 23.5 Å². The summed E-state index contributed by atoms with van der Waals surface area (Å²) in [4.78, 5) is 37.9. The molecule has 1 aromatic heterocycles. The summed E-state index contributed by atoms with van der Waals surface area (Å²) in [5, 5.41) is 3.05. The second-order valence-electron chi connectivity index (χ2n) is 8.14. The van der Waals surface area contributed by atoms with Gasteiger partial charge in [-0.15, -0.1) is 11.3 Å². The maximum atomic E-state index is 12.8. The topological polar surface area (TPSA) is 102 Å². The molecule has 3 N–H and O–H groups in total. The van der Waals surface area contributed by atoms with Gasteiger partial charge < -0.3 is 10.5 Å². The molecule has 7 nitrogen and oxygen atoms in total. The molecule has 0 atom stereocenters. The quantitative estimate of drug-likeness (QED) is 0.411. The van der Waals surface area contributed by atoms with Crippen LogP contribution >= 0.6 is 11.3 Å². The first-order valence-electron chi connectivity index (χ1n) is 10.2. The van der Waals surface area contributed by atoms with Gasteiger partial charge in [0.15, 0.2) is 0 Å². The smallest absolute Gasteiger partial charge is 0.434 e. The highest BCUT2D eigenvalue weighted by Gasteiger charge is 2.24. The zero-order valence-corrected chi connectivity index (χ0v) is 19.4. The van der Waals surface area contributed by atoms with Crippen molar-refractivity contribution >= 4 is 41.0 Å². The van der Waals surface area contributed by atoms with E-state index in [1.807, 2.05) is 29.6 Å². The van der Waals surface area contributed by atoms with Gasteiger partial charge in [-0.05, 0) is 73.7 Å². The number of rotatable bonds is 5. The van der Waals surface area contributed by atoms with E-state index < -0.39 is 23.5 Å². The Hall–Kier alpha value is -3.91. The Morgan fingerprint density at radius 2 is 1.76 bits per heavy atom. The maximum Gasteiger partial charge on any atom is 0.434 e. The van der Waals surface area contributed by atoms with Gasteiger partial charge in [0, 0.05) is 16.5 Å². The average Bonchev–Trinajstić information content (AvgIpc) is 3.30. The molecule has 3 aromatic rings. The molecule has 8 heteroatoms. The summed E-state index contributed by atoms with van der Waals surface area (Å²) in [6.07, 6.45) is 2.07. The Bertz CT molecular complexity index is 1160. The molecule has 0 saturated heterocycles. The van der Waals surface area contributed by atoms with Gasteiger partial charge in [0.1, 0.15) is 5.60 Å². The number of carbonyl (C=O) groups is 3. The minimum absolute atomic E-state index is 0.332. The Morgan fingerprint density at radius 1 is 1.03 bits per heavy atom. The molecule has 33 heavy (non-hydrogen) atoms. The van der Waals surface area contributed by atoms with Gasteiger partial charge in [-0.1, -0.05) is 30.3 Å². The standard InChI is InChI=1S/C25H25N3O4S/c1-25(2,3)32-24(31)28(20-12-10-18(11-13-20)21-8-5-15-33-21)27-22(29)14-9-17-6-4-7-19(16-17)23(26)30/h4-16H,1-3H3,(H2,26,30)(H,27,29). The Labute approximate surface area is 196 Å². The van der Waals surface area contributed by atoms with Crippen LogP contribution in [0.25, 0.3) is 16.5 Å². The lowest BCUT2D eigenvalue weighted by Crippen LogP contribution is -2.48. The van der Waals surface area contributed by atoms with E-state index in [2.05, 4.69) is 5.43 Å². The van der Waals surface area contributed by atoms with Gasteiger partial charge in [0.2, 0.25) is 5.91 Å². The Morgan fingerprint density at radius 3 is 2.36 bits per heavy atom. The fourth-order valence-electron chi connectivity index (χ4n) is 2.86. The molecule has 0 saturated carbocycles. The number of nitrogens with zero attached hydrogens (tertiary/aromatic N) is 1. The van der Waals surface area contributed by atoms with Crippen LogP contribution in [0.5, 0.6) is 0 Å². The van der Waals surface area contributed by atoms with Crippen LogP contribution in [0.15, 0.2) is 72.1 Å². The van der Waals surface area contributed by atoms with E-state index in [-0.39, 0.29) is 0 Å².